The predicted molar refractivity (Wildman–Crippen MR) is 77.9 cm³/mol. The second kappa shape index (κ2) is 5.02. The van der Waals surface area contributed by atoms with E-state index >= 15 is 0 Å². The van der Waals surface area contributed by atoms with E-state index < -0.39 is 0 Å². The predicted octanol–water partition coefficient (Wildman–Crippen LogP) is 4.49. The molecule has 0 aliphatic heterocycles. The maximum atomic E-state index is 3.74. The minimum atomic E-state index is 0.774. The normalized spacial score (nSPS) is 31.1. The Kier molecular flexibility index (Phi) is 3.60. The van der Waals surface area contributed by atoms with Crippen LogP contribution >= 0.6 is 31.9 Å². The van der Waals surface area contributed by atoms with Gasteiger partial charge in [-0.1, -0.05) is 12.5 Å². The Balaban J connectivity index is 1.59. The summed E-state index contributed by atoms with van der Waals surface area (Å²) in [5.41, 5.74) is 1.36. The molecule has 3 heteroatoms. The fraction of sp³-hybridized carbons (Fsp3) is 0.571. The van der Waals surface area contributed by atoms with Crippen LogP contribution in [0.15, 0.2) is 27.1 Å². The second-order valence-electron chi connectivity index (χ2n) is 5.41. The van der Waals surface area contributed by atoms with E-state index in [-0.39, 0.29) is 0 Å². The van der Waals surface area contributed by atoms with Gasteiger partial charge in [-0.2, -0.15) is 0 Å². The molecule has 2 fully saturated rings. The lowest BCUT2D eigenvalue weighted by atomic mass is 9.95. The Morgan fingerprint density at radius 1 is 1.12 bits per heavy atom. The van der Waals surface area contributed by atoms with Gasteiger partial charge in [0.05, 0.1) is 0 Å². The molecule has 1 aromatic carbocycles. The van der Waals surface area contributed by atoms with Gasteiger partial charge in [0.25, 0.3) is 0 Å². The van der Waals surface area contributed by atoms with Crippen LogP contribution in [0.3, 0.4) is 0 Å². The molecule has 0 heterocycles. The van der Waals surface area contributed by atoms with Crippen molar-refractivity contribution in [3.8, 4) is 0 Å². The monoisotopic (exact) mass is 357 g/mol. The van der Waals surface area contributed by atoms with Crippen molar-refractivity contribution in [1.82, 2.24) is 5.32 Å². The molecule has 2 aliphatic rings. The van der Waals surface area contributed by atoms with E-state index in [9.17, 15) is 0 Å². The van der Waals surface area contributed by atoms with Gasteiger partial charge in [-0.05, 0) is 80.7 Å². The quantitative estimate of drug-likeness (QED) is 0.839. The molecule has 3 atom stereocenters. The van der Waals surface area contributed by atoms with Crippen molar-refractivity contribution in [2.75, 3.05) is 0 Å². The third-order valence-electron chi connectivity index (χ3n) is 4.29. The number of benzene rings is 1. The van der Waals surface area contributed by atoms with Gasteiger partial charge in [-0.25, -0.2) is 0 Å². The van der Waals surface area contributed by atoms with Gasteiger partial charge in [-0.15, -0.1) is 0 Å². The highest BCUT2D eigenvalue weighted by molar-refractivity contribution is 9.13. The zero-order valence-corrected chi connectivity index (χ0v) is 12.9. The van der Waals surface area contributed by atoms with E-state index in [2.05, 4.69) is 55.4 Å². The van der Waals surface area contributed by atoms with Crippen LogP contribution in [0.25, 0.3) is 0 Å². The van der Waals surface area contributed by atoms with E-state index in [0.717, 1.165) is 33.4 Å². The Bertz CT molecular complexity index is 419. The van der Waals surface area contributed by atoms with Gasteiger partial charge < -0.3 is 5.32 Å². The minimum Gasteiger partial charge on any atom is -0.310 e. The molecule has 17 heavy (non-hydrogen) atoms. The van der Waals surface area contributed by atoms with Crippen LogP contribution in [-0.4, -0.2) is 6.04 Å². The summed E-state index contributed by atoms with van der Waals surface area (Å²) in [4.78, 5) is 0. The number of rotatable bonds is 3. The lowest BCUT2D eigenvalue weighted by Crippen LogP contribution is -2.33. The zero-order valence-electron chi connectivity index (χ0n) is 9.76. The van der Waals surface area contributed by atoms with E-state index in [1.807, 2.05) is 0 Å². The van der Waals surface area contributed by atoms with E-state index in [1.165, 1.54) is 31.2 Å². The van der Waals surface area contributed by atoms with Crippen LogP contribution < -0.4 is 5.32 Å². The van der Waals surface area contributed by atoms with Crippen LogP contribution in [0.2, 0.25) is 0 Å². The molecule has 0 aromatic heterocycles. The Morgan fingerprint density at radius 2 is 2.00 bits per heavy atom. The molecule has 1 N–H and O–H groups in total. The minimum absolute atomic E-state index is 0.774. The zero-order chi connectivity index (χ0) is 11.8. The average Bonchev–Trinajstić information content (AvgIpc) is 2.92. The molecule has 1 aromatic rings. The van der Waals surface area contributed by atoms with Gasteiger partial charge in [0.15, 0.2) is 0 Å². The lowest BCUT2D eigenvalue weighted by Gasteiger charge is -2.23. The number of hydrogen-bond donors (Lipinski definition) is 1. The Hall–Kier alpha value is 0.140. The molecule has 0 spiro atoms. The van der Waals surface area contributed by atoms with Crippen LogP contribution in [-0.2, 0) is 6.54 Å². The van der Waals surface area contributed by atoms with Crippen molar-refractivity contribution in [2.45, 2.75) is 38.3 Å². The standard InChI is InChI=1S/C14H17Br2N/c15-12-4-2-10(6-13(12)16)8-17-14-7-9-1-3-11(14)5-9/h2,4,6,9,11,14,17H,1,3,5,7-8H2. The van der Waals surface area contributed by atoms with E-state index in [1.54, 1.807) is 0 Å². The third kappa shape index (κ3) is 2.61. The molecule has 2 saturated carbocycles. The van der Waals surface area contributed by atoms with Crippen LogP contribution in [0.4, 0.5) is 0 Å². The fourth-order valence-corrected chi connectivity index (χ4v) is 4.07. The van der Waals surface area contributed by atoms with Crippen LogP contribution in [0.5, 0.6) is 0 Å². The summed E-state index contributed by atoms with van der Waals surface area (Å²) in [5, 5.41) is 3.74. The van der Waals surface area contributed by atoms with Crippen LogP contribution in [0.1, 0.15) is 31.2 Å². The highest BCUT2D eigenvalue weighted by atomic mass is 79.9. The van der Waals surface area contributed by atoms with E-state index in [0.29, 0.717) is 0 Å². The lowest BCUT2D eigenvalue weighted by molar-refractivity contribution is 0.350. The maximum absolute atomic E-state index is 3.74. The fourth-order valence-electron chi connectivity index (χ4n) is 3.39. The van der Waals surface area contributed by atoms with Gasteiger partial charge in [0, 0.05) is 21.5 Å². The molecule has 3 rings (SSSR count). The summed E-state index contributed by atoms with van der Waals surface area (Å²) >= 11 is 7.06. The average molecular weight is 359 g/mol. The molecule has 1 nitrogen and oxygen atoms in total. The van der Waals surface area contributed by atoms with Gasteiger partial charge in [-0.3, -0.25) is 0 Å². The van der Waals surface area contributed by atoms with Crippen molar-refractivity contribution >= 4 is 31.9 Å². The first-order chi connectivity index (χ1) is 8.22. The molecular weight excluding hydrogens is 342 g/mol. The summed E-state index contributed by atoms with van der Waals surface area (Å²) in [6.45, 7) is 1.000. The first kappa shape index (κ1) is 12.2. The third-order valence-corrected chi connectivity index (χ3v) is 6.17. The first-order valence-corrected chi connectivity index (χ1v) is 7.98. The summed E-state index contributed by atoms with van der Waals surface area (Å²) in [7, 11) is 0. The topological polar surface area (TPSA) is 12.0 Å². The summed E-state index contributed by atoms with van der Waals surface area (Å²) in [6, 6.07) is 7.28. The SMILES string of the molecule is Brc1ccc(CNC2CC3CCC2C3)cc1Br. The van der Waals surface area contributed by atoms with Crippen molar-refractivity contribution < 1.29 is 0 Å². The van der Waals surface area contributed by atoms with Gasteiger partial charge >= 0.3 is 0 Å². The molecule has 0 saturated heterocycles. The van der Waals surface area contributed by atoms with Crippen molar-refractivity contribution in [2.24, 2.45) is 11.8 Å². The number of hydrogen-bond acceptors (Lipinski definition) is 1. The number of fused-ring (bicyclic) bond motifs is 2. The molecule has 0 radical (unpaired) electrons. The van der Waals surface area contributed by atoms with Crippen molar-refractivity contribution in [3.05, 3.63) is 32.7 Å². The molecule has 92 valence electrons. The molecule has 0 amide bonds. The first-order valence-electron chi connectivity index (χ1n) is 6.39. The number of halogens is 2. The molecular formula is C14H17Br2N. The largest absolute Gasteiger partial charge is 0.310 e. The summed E-state index contributed by atoms with van der Waals surface area (Å²) in [6.07, 6.45) is 5.81. The molecule has 3 unspecified atom stereocenters. The molecule has 2 bridgehead atoms. The smallest absolute Gasteiger partial charge is 0.0320 e. The van der Waals surface area contributed by atoms with Crippen LogP contribution in [0, 0.1) is 11.8 Å². The highest BCUT2D eigenvalue weighted by Gasteiger charge is 2.38. The number of nitrogens with one attached hydrogen (secondary N) is 1. The van der Waals surface area contributed by atoms with Gasteiger partial charge in [0.2, 0.25) is 0 Å². The van der Waals surface area contributed by atoms with Crippen molar-refractivity contribution in [1.29, 1.82) is 0 Å². The summed E-state index contributed by atoms with van der Waals surface area (Å²) in [5.74, 6) is 1.98. The Labute approximate surface area is 120 Å². The maximum Gasteiger partial charge on any atom is 0.0320 e. The highest BCUT2D eigenvalue weighted by Crippen LogP contribution is 2.44. The molecule has 2 aliphatic carbocycles. The second-order valence-corrected chi connectivity index (χ2v) is 7.12. The van der Waals surface area contributed by atoms with Gasteiger partial charge in [0.1, 0.15) is 0 Å². The Morgan fingerprint density at radius 3 is 2.65 bits per heavy atom. The van der Waals surface area contributed by atoms with E-state index in [4.69, 9.17) is 0 Å². The summed E-state index contributed by atoms with van der Waals surface area (Å²) < 4.78 is 2.27. The van der Waals surface area contributed by atoms with Crippen molar-refractivity contribution in [3.63, 3.8) is 0 Å².